The van der Waals surface area contributed by atoms with Gasteiger partial charge in [0.25, 0.3) is 20.0 Å². The van der Waals surface area contributed by atoms with Crippen LogP contribution in [0.1, 0.15) is 56.1 Å². The van der Waals surface area contributed by atoms with Crippen LogP contribution in [0.5, 0.6) is 0 Å². The lowest BCUT2D eigenvalue weighted by atomic mass is 9.95. The maximum absolute atomic E-state index is 13.9. The van der Waals surface area contributed by atoms with Crippen molar-refractivity contribution in [1.29, 1.82) is 0 Å². The first-order valence-electron chi connectivity index (χ1n) is 17.6. The first kappa shape index (κ1) is 34.2. The molecule has 6 aromatic rings. The molecule has 8 nitrogen and oxygen atoms in total. The Labute approximate surface area is 295 Å². The lowest BCUT2D eigenvalue weighted by molar-refractivity contribution is 0.251. The fourth-order valence-electron chi connectivity index (χ4n) is 7.27. The standard InChI is InChI=1S/C40H44N4O4S2/c45-49(46,35-18-6-2-7-19-35)43-30-32(37-22-10-12-24-39(37)43)28-42(27-15-14-26-41-34-16-4-1-5-17-34)29-33-31-44(40-25-13-11-23-38(33)40)50(47,48)36-20-8-3-9-21-36/h2-3,6-13,18-25,30-31,34,41H,1,4-5,14-17,26-29H2. The van der Waals surface area contributed by atoms with Gasteiger partial charge in [-0.05, 0) is 86.3 Å². The Balaban J connectivity index is 1.21. The van der Waals surface area contributed by atoms with Crippen molar-refractivity contribution in [3.63, 3.8) is 0 Å². The summed E-state index contributed by atoms with van der Waals surface area (Å²) < 4.78 is 58.2. The minimum Gasteiger partial charge on any atom is -0.314 e. The van der Waals surface area contributed by atoms with Gasteiger partial charge in [0.05, 0.1) is 20.8 Å². The first-order valence-corrected chi connectivity index (χ1v) is 20.5. The molecule has 1 aliphatic rings. The second-order valence-electron chi connectivity index (χ2n) is 13.3. The van der Waals surface area contributed by atoms with Gasteiger partial charge in [0, 0.05) is 42.3 Å². The number of para-hydroxylation sites is 2. The zero-order chi connectivity index (χ0) is 34.6. The van der Waals surface area contributed by atoms with E-state index >= 15 is 0 Å². The third kappa shape index (κ3) is 7.16. The van der Waals surface area contributed by atoms with Gasteiger partial charge in [0.15, 0.2) is 0 Å². The van der Waals surface area contributed by atoms with Crippen molar-refractivity contribution in [2.75, 3.05) is 13.1 Å². The maximum atomic E-state index is 13.9. The monoisotopic (exact) mass is 708 g/mol. The fourth-order valence-corrected chi connectivity index (χ4v) is 10.1. The molecular weight excluding hydrogens is 665 g/mol. The summed E-state index contributed by atoms with van der Waals surface area (Å²) in [4.78, 5) is 2.80. The van der Waals surface area contributed by atoms with Crippen molar-refractivity contribution in [1.82, 2.24) is 18.2 Å². The fraction of sp³-hybridized carbons (Fsp3) is 0.300. The summed E-state index contributed by atoms with van der Waals surface area (Å²) in [5, 5.41) is 5.51. The molecule has 4 aromatic carbocycles. The van der Waals surface area contributed by atoms with Crippen molar-refractivity contribution in [2.24, 2.45) is 0 Å². The van der Waals surface area contributed by atoms with Gasteiger partial charge in [-0.15, -0.1) is 0 Å². The SMILES string of the molecule is O=S(=O)(c1ccccc1)n1cc(CN(CCCCNC2CCCCC2)Cc2cn(S(=O)(=O)c3ccccc3)c3ccccc23)c2ccccc21. The molecule has 7 rings (SSSR count). The number of aromatic nitrogens is 2. The normalized spacial score (nSPS) is 14.6. The summed E-state index contributed by atoms with van der Waals surface area (Å²) in [5.41, 5.74) is 3.07. The number of unbranched alkanes of at least 4 members (excludes halogenated alkanes) is 1. The lowest BCUT2D eigenvalue weighted by Crippen LogP contribution is -2.32. The quantitative estimate of drug-likeness (QED) is 0.116. The topological polar surface area (TPSA) is 93.4 Å². The summed E-state index contributed by atoms with van der Waals surface area (Å²) >= 11 is 0. The van der Waals surface area contributed by atoms with Gasteiger partial charge < -0.3 is 5.32 Å². The smallest absolute Gasteiger partial charge is 0.268 e. The van der Waals surface area contributed by atoms with E-state index in [2.05, 4.69) is 10.2 Å². The Kier molecular flexibility index (Phi) is 10.2. The van der Waals surface area contributed by atoms with Gasteiger partial charge in [-0.25, -0.2) is 24.8 Å². The molecule has 0 amide bonds. The molecule has 0 unspecified atom stereocenters. The molecule has 1 fully saturated rings. The second kappa shape index (κ2) is 14.9. The zero-order valence-corrected chi connectivity index (χ0v) is 29.8. The number of rotatable bonds is 14. The Bertz CT molecular complexity index is 2130. The number of hydrogen-bond acceptors (Lipinski definition) is 6. The highest BCUT2D eigenvalue weighted by molar-refractivity contribution is 7.90. The number of nitrogens with one attached hydrogen (secondary N) is 1. The molecule has 260 valence electrons. The van der Waals surface area contributed by atoms with Crippen LogP contribution in [0.3, 0.4) is 0 Å². The van der Waals surface area contributed by atoms with E-state index in [0.29, 0.717) is 30.2 Å². The predicted octanol–water partition coefficient (Wildman–Crippen LogP) is 7.77. The van der Waals surface area contributed by atoms with Crippen LogP contribution >= 0.6 is 0 Å². The highest BCUT2D eigenvalue weighted by Gasteiger charge is 2.24. The van der Waals surface area contributed by atoms with Gasteiger partial charge in [0.2, 0.25) is 0 Å². The van der Waals surface area contributed by atoms with Gasteiger partial charge in [-0.1, -0.05) is 92.1 Å². The minimum atomic E-state index is -3.82. The van der Waals surface area contributed by atoms with Crippen LogP contribution in [-0.4, -0.2) is 48.8 Å². The molecule has 2 heterocycles. The summed E-state index contributed by atoms with van der Waals surface area (Å²) in [5.74, 6) is 0. The molecule has 0 atom stereocenters. The molecule has 0 saturated heterocycles. The van der Waals surface area contributed by atoms with Crippen molar-refractivity contribution in [2.45, 2.75) is 73.9 Å². The van der Waals surface area contributed by atoms with E-state index in [1.807, 2.05) is 60.7 Å². The summed E-state index contributed by atoms with van der Waals surface area (Å²) in [6.45, 7) is 2.72. The minimum absolute atomic E-state index is 0.238. The molecule has 0 spiro atoms. The average molecular weight is 709 g/mol. The van der Waals surface area contributed by atoms with E-state index in [1.54, 1.807) is 60.9 Å². The molecule has 0 bridgehead atoms. The Hall–Kier alpha value is -4.22. The van der Waals surface area contributed by atoms with E-state index < -0.39 is 20.0 Å². The van der Waals surface area contributed by atoms with Crippen LogP contribution in [0.15, 0.2) is 131 Å². The molecule has 0 aliphatic heterocycles. The average Bonchev–Trinajstić information content (AvgIpc) is 3.72. The molecule has 1 aliphatic carbocycles. The lowest BCUT2D eigenvalue weighted by Gasteiger charge is -2.24. The number of hydrogen-bond donors (Lipinski definition) is 1. The molecule has 50 heavy (non-hydrogen) atoms. The molecule has 0 radical (unpaired) electrons. The van der Waals surface area contributed by atoms with E-state index in [1.165, 1.54) is 40.0 Å². The number of fused-ring (bicyclic) bond motifs is 2. The zero-order valence-electron chi connectivity index (χ0n) is 28.2. The molecule has 1 N–H and O–H groups in total. The number of benzene rings is 4. The van der Waals surface area contributed by atoms with Crippen molar-refractivity contribution < 1.29 is 16.8 Å². The van der Waals surface area contributed by atoms with E-state index in [9.17, 15) is 16.8 Å². The van der Waals surface area contributed by atoms with Crippen molar-refractivity contribution in [3.8, 4) is 0 Å². The van der Waals surface area contributed by atoms with E-state index in [-0.39, 0.29) is 9.79 Å². The van der Waals surface area contributed by atoms with Crippen LogP contribution < -0.4 is 5.32 Å². The van der Waals surface area contributed by atoms with Gasteiger partial charge in [-0.2, -0.15) is 0 Å². The third-order valence-corrected chi connectivity index (χ3v) is 13.2. The van der Waals surface area contributed by atoms with E-state index in [4.69, 9.17) is 0 Å². The molecule has 10 heteroatoms. The Morgan fingerprint density at radius 1 is 0.580 bits per heavy atom. The summed E-state index contributed by atoms with van der Waals surface area (Å²) in [6, 6.07) is 32.9. The largest absolute Gasteiger partial charge is 0.314 e. The summed E-state index contributed by atoms with van der Waals surface area (Å²) in [6.07, 6.45) is 11.9. The maximum Gasteiger partial charge on any atom is 0.268 e. The molecule has 2 aromatic heterocycles. The van der Waals surface area contributed by atoms with Gasteiger partial charge in [0.1, 0.15) is 0 Å². The van der Waals surface area contributed by atoms with Crippen molar-refractivity contribution in [3.05, 3.63) is 133 Å². The van der Waals surface area contributed by atoms with Gasteiger partial charge in [-0.3, -0.25) is 4.90 Å². The summed E-state index contributed by atoms with van der Waals surface area (Å²) in [7, 11) is -7.65. The highest BCUT2D eigenvalue weighted by atomic mass is 32.2. The molecule has 1 saturated carbocycles. The van der Waals surface area contributed by atoms with Crippen LogP contribution in [0.4, 0.5) is 0 Å². The van der Waals surface area contributed by atoms with Gasteiger partial charge >= 0.3 is 0 Å². The predicted molar refractivity (Wildman–Crippen MR) is 200 cm³/mol. The Morgan fingerprint density at radius 2 is 1.04 bits per heavy atom. The van der Waals surface area contributed by atoms with Crippen LogP contribution in [-0.2, 0) is 33.1 Å². The van der Waals surface area contributed by atoms with Crippen LogP contribution in [0, 0.1) is 0 Å². The second-order valence-corrected chi connectivity index (χ2v) is 16.9. The van der Waals surface area contributed by atoms with E-state index in [0.717, 1.165) is 47.8 Å². The highest BCUT2D eigenvalue weighted by Crippen LogP contribution is 2.30. The van der Waals surface area contributed by atoms with Crippen molar-refractivity contribution >= 4 is 41.9 Å². The van der Waals surface area contributed by atoms with Crippen LogP contribution in [0.2, 0.25) is 0 Å². The van der Waals surface area contributed by atoms with Crippen LogP contribution in [0.25, 0.3) is 21.8 Å². The number of nitrogens with zero attached hydrogens (tertiary/aromatic N) is 3. The first-order chi connectivity index (χ1) is 24.3. The Morgan fingerprint density at radius 3 is 1.54 bits per heavy atom. The third-order valence-electron chi connectivity index (χ3n) is 9.85. The molecular formula is C40H44N4O4S2.